The number of nitrogens with zero attached hydrogens (tertiary/aromatic N) is 3. The summed E-state index contributed by atoms with van der Waals surface area (Å²) in [6.07, 6.45) is 3.16. The zero-order valence-corrected chi connectivity index (χ0v) is 18.6. The standard InChI is InChI=1S/C21H19F3N6O3S/c1-29-8-15-19(18(29)20(32)26-11-4-12(22)17(24)13(23)5-11)33-9-10-6-30(7-14(10)28-34-15)21-25-3-2-16(31)27-21/h2-5,8,10,14,28H,6-7,9H2,1H3,(H,26,32)(H,25,27,31). The Morgan fingerprint density at radius 2 is 2.03 bits per heavy atom. The van der Waals surface area contributed by atoms with E-state index in [9.17, 15) is 22.8 Å². The molecule has 13 heteroatoms. The zero-order chi connectivity index (χ0) is 24.0. The van der Waals surface area contributed by atoms with Crippen LogP contribution in [0.4, 0.5) is 24.8 Å². The Morgan fingerprint density at radius 1 is 1.26 bits per heavy atom. The molecule has 2 aliphatic heterocycles. The first kappa shape index (κ1) is 22.3. The number of carbonyl (C=O) groups excluding carboxylic acids is 1. The summed E-state index contributed by atoms with van der Waals surface area (Å²) in [7, 11) is 1.65. The van der Waals surface area contributed by atoms with Crippen LogP contribution in [0.2, 0.25) is 0 Å². The Balaban J connectivity index is 1.35. The summed E-state index contributed by atoms with van der Waals surface area (Å²) in [4.78, 5) is 34.1. The summed E-state index contributed by atoms with van der Waals surface area (Å²) in [6.45, 7) is 1.46. The average Bonchev–Trinajstić information content (AvgIpc) is 3.32. The molecular formula is C21H19F3N6O3S. The second-order valence-electron chi connectivity index (χ2n) is 8.05. The predicted molar refractivity (Wildman–Crippen MR) is 119 cm³/mol. The van der Waals surface area contributed by atoms with Crippen molar-refractivity contribution >= 4 is 29.5 Å². The van der Waals surface area contributed by atoms with Crippen LogP contribution < -0.4 is 25.2 Å². The second kappa shape index (κ2) is 8.72. The van der Waals surface area contributed by atoms with E-state index in [1.165, 1.54) is 24.2 Å². The van der Waals surface area contributed by atoms with E-state index in [1.54, 1.807) is 17.8 Å². The van der Waals surface area contributed by atoms with Gasteiger partial charge in [-0.1, -0.05) is 0 Å². The molecule has 4 heterocycles. The van der Waals surface area contributed by atoms with E-state index < -0.39 is 23.4 Å². The van der Waals surface area contributed by atoms with Crippen LogP contribution in [0.25, 0.3) is 0 Å². The number of aromatic amines is 1. The maximum atomic E-state index is 13.5. The van der Waals surface area contributed by atoms with Crippen molar-refractivity contribution in [1.29, 1.82) is 0 Å². The minimum atomic E-state index is -1.61. The highest BCUT2D eigenvalue weighted by Gasteiger charge is 2.37. The number of benzene rings is 1. The number of anilines is 2. The molecule has 2 atom stereocenters. The van der Waals surface area contributed by atoms with Crippen LogP contribution in [0.5, 0.6) is 5.75 Å². The van der Waals surface area contributed by atoms with Gasteiger partial charge in [-0.2, -0.15) is 0 Å². The first-order chi connectivity index (χ1) is 16.3. The fourth-order valence-electron chi connectivity index (χ4n) is 4.07. The Hall–Kier alpha value is -3.45. The molecule has 2 unspecified atom stereocenters. The van der Waals surface area contributed by atoms with Crippen molar-refractivity contribution in [1.82, 2.24) is 19.3 Å². The van der Waals surface area contributed by atoms with Crippen molar-refractivity contribution < 1.29 is 22.7 Å². The monoisotopic (exact) mass is 492 g/mol. The molecule has 0 spiro atoms. The minimum Gasteiger partial charge on any atom is -0.489 e. The maximum Gasteiger partial charge on any atom is 0.276 e. The summed E-state index contributed by atoms with van der Waals surface area (Å²) in [5.41, 5.74) is -0.307. The number of halogens is 3. The highest BCUT2D eigenvalue weighted by atomic mass is 32.2. The molecule has 1 saturated heterocycles. The number of nitrogens with one attached hydrogen (secondary N) is 3. The smallest absolute Gasteiger partial charge is 0.276 e. The molecule has 2 aliphatic rings. The predicted octanol–water partition coefficient (Wildman–Crippen LogP) is 2.27. The fourth-order valence-corrected chi connectivity index (χ4v) is 5.07. The first-order valence-electron chi connectivity index (χ1n) is 10.3. The van der Waals surface area contributed by atoms with Gasteiger partial charge in [0, 0.05) is 68.4 Å². The highest BCUT2D eigenvalue weighted by molar-refractivity contribution is 7.97. The first-order valence-corrected chi connectivity index (χ1v) is 11.1. The number of ether oxygens (including phenoxy) is 1. The Bertz CT molecular complexity index is 1310. The number of H-pyrrole nitrogens is 1. The quantitative estimate of drug-likeness (QED) is 0.381. The lowest BCUT2D eigenvalue weighted by molar-refractivity contribution is 0.101. The molecular weight excluding hydrogens is 473 g/mol. The van der Waals surface area contributed by atoms with Gasteiger partial charge >= 0.3 is 0 Å². The van der Waals surface area contributed by atoms with Gasteiger partial charge in [-0.3, -0.25) is 19.3 Å². The van der Waals surface area contributed by atoms with E-state index in [2.05, 4.69) is 20.0 Å². The van der Waals surface area contributed by atoms with Crippen LogP contribution in [0, 0.1) is 23.4 Å². The van der Waals surface area contributed by atoms with Crippen molar-refractivity contribution in [2.75, 3.05) is 29.9 Å². The molecule has 178 valence electrons. The Labute approximate surface area is 195 Å². The number of aryl methyl sites for hydroxylation is 1. The number of amides is 1. The van der Waals surface area contributed by atoms with Gasteiger partial charge in [0.15, 0.2) is 28.9 Å². The lowest BCUT2D eigenvalue weighted by Gasteiger charge is -2.23. The van der Waals surface area contributed by atoms with Crippen LogP contribution in [-0.2, 0) is 7.05 Å². The van der Waals surface area contributed by atoms with Crippen molar-refractivity contribution in [2.24, 2.45) is 13.0 Å². The van der Waals surface area contributed by atoms with Crippen molar-refractivity contribution in [3.63, 3.8) is 0 Å². The molecule has 0 radical (unpaired) electrons. The molecule has 2 aromatic heterocycles. The van der Waals surface area contributed by atoms with E-state index in [-0.39, 0.29) is 35.5 Å². The Morgan fingerprint density at radius 3 is 2.76 bits per heavy atom. The highest BCUT2D eigenvalue weighted by Crippen LogP contribution is 2.37. The van der Waals surface area contributed by atoms with Gasteiger partial charge in [0.1, 0.15) is 0 Å². The molecule has 3 N–H and O–H groups in total. The van der Waals surface area contributed by atoms with Gasteiger partial charge in [-0.25, -0.2) is 18.2 Å². The molecule has 0 bridgehead atoms. The van der Waals surface area contributed by atoms with Crippen LogP contribution in [0.3, 0.4) is 0 Å². The summed E-state index contributed by atoms with van der Waals surface area (Å²) in [6, 6.07) is 2.79. The SMILES string of the molecule is Cn1cc2c(c1C(=O)Nc1cc(F)c(F)c(F)c1)OCC1CN(c3nccc(=O)[nH]3)CC1NS2. The van der Waals surface area contributed by atoms with Gasteiger partial charge < -0.3 is 19.5 Å². The van der Waals surface area contributed by atoms with E-state index in [1.807, 2.05) is 4.90 Å². The van der Waals surface area contributed by atoms with E-state index in [4.69, 9.17) is 4.74 Å². The molecule has 34 heavy (non-hydrogen) atoms. The molecule has 9 nitrogen and oxygen atoms in total. The van der Waals surface area contributed by atoms with Crippen LogP contribution in [0.15, 0.2) is 40.3 Å². The summed E-state index contributed by atoms with van der Waals surface area (Å²) < 4.78 is 51.3. The molecule has 0 saturated carbocycles. The number of carbonyl (C=O) groups is 1. The van der Waals surface area contributed by atoms with Crippen molar-refractivity contribution in [2.45, 2.75) is 10.9 Å². The van der Waals surface area contributed by atoms with Gasteiger partial charge in [-0.05, 0) is 11.9 Å². The van der Waals surface area contributed by atoms with E-state index in [0.717, 1.165) is 0 Å². The topological polar surface area (TPSA) is 104 Å². The van der Waals surface area contributed by atoms with Crippen LogP contribution in [-0.4, -0.2) is 46.2 Å². The van der Waals surface area contributed by atoms with Crippen molar-refractivity contribution in [3.8, 4) is 5.75 Å². The van der Waals surface area contributed by atoms with Crippen LogP contribution >= 0.6 is 11.9 Å². The number of rotatable bonds is 3. The van der Waals surface area contributed by atoms with E-state index >= 15 is 0 Å². The molecule has 3 aromatic rings. The van der Waals surface area contributed by atoms with Gasteiger partial charge in [0.25, 0.3) is 11.5 Å². The zero-order valence-electron chi connectivity index (χ0n) is 17.8. The summed E-state index contributed by atoms with van der Waals surface area (Å²) in [5, 5.41) is 2.39. The number of hydrogen-bond donors (Lipinski definition) is 3. The largest absolute Gasteiger partial charge is 0.489 e. The third kappa shape index (κ3) is 4.12. The van der Waals surface area contributed by atoms with Gasteiger partial charge in [0.05, 0.1) is 11.5 Å². The molecule has 1 amide bonds. The molecule has 1 fully saturated rings. The van der Waals surface area contributed by atoms with Crippen molar-refractivity contribution in [3.05, 3.63) is 64.1 Å². The third-order valence-corrected chi connectivity index (χ3v) is 6.65. The second-order valence-corrected chi connectivity index (χ2v) is 8.93. The molecule has 1 aromatic carbocycles. The summed E-state index contributed by atoms with van der Waals surface area (Å²) in [5.74, 6) is -4.25. The normalized spacial score (nSPS) is 19.6. The number of aromatic nitrogens is 3. The van der Waals surface area contributed by atoms with Gasteiger partial charge in [0.2, 0.25) is 5.95 Å². The molecule has 0 aliphatic carbocycles. The number of hydrogen-bond acceptors (Lipinski definition) is 7. The number of fused-ring (bicyclic) bond motifs is 2. The lowest BCUT2D eigenvalue weighted by Crippen LogP contribution is -2.36. The third-order valence-electron chi connectivity index (χ3n) is 5.72. The average molecular weight is 492 g/mol. The van der Waals surface area contributed by atoms with Crippen LogP contribution in [0.1, 0.15) is 10.5 Å². The summed E-state index contributed by atoms with van der Waals surface area (Å²) >= 11 is 1.30. The fraction of sp³-hybridized carbons (Fsp3) is 0.286. The maximum absolute atomic E-state index is 13.5. The molecule has 5 rings (SSSR count). The Kier molecular flexibility index (Phi) is 5.73. The minimum absolute atomic E-state index is 0.0302. The van der Waals surface area contributed by atoms with E-state index in [0.29, 0.717) is 41.8 Å². The lowest BCUT2D eigenvalue weighted by atomic mass is 10.1. The van der Waals surface area contributed by atoms with Gasteiger partial charge in [-0.15, -0.1) is 0 Å².